The van der Waals surface area contributed by atoms with E-state index in [1.165, 1.54) is 12.8 Å². The molecule has 0 aromatic heterocycles. The van der Waals surface area contributed by atoms with Crippen LogP contribution in [-0.4, -0.2) is 39.7 Å². The summed E-state index contributed by atoms with van der Waals surface area (Å²) in [6.45, 7) is 14.0. The molecule has 2 rings (SSSR count). The van der Waals surface area contributed by atoms with Crippen LogP contribution in [-0.2, 0) is 25.3 Å². The van der Waals surface area contributed by atoms with E-state index in [1.807, 2.05) is 24.3 Å². The molecule has 0 unspecified atom stereocenters. The summed E-state index contributed by atoms with van der Waals surface area (Å²) in [6, 6.07) is 8.00. The second-order valence-corrected chi connectivity index (χ2v) is 16.6. The highest BCUT2D eigenvalue weighted by Gasteiger charge is 2.40. The van der Waals surface area contributed by atoms with E-state index in [4.69, 9.17) is 18.6 Å². The fraction of sp³-hybridized carbons (Fsp3) is 0.656. The van der Waals surface area contributed by atoms with Crippen LogP contribution in [0.2, 0.25) is 18.1 Å². The van der Waals surface area contributed by atoms with Crippen molar-refractivity contribution in [2.75, 3.05) is 7.11 Å². The lowest BCUT2D eigenvalue weighted by molar-refractivity contribution is -0.147. The number of ether oxygens (including phenoxy) is 3. The molecular formula is C32H52O5Si. The van der Waals surface area contributed by atoms with Crippen LogP contribution in [0.15, 0.2) is 48.6 Å². The van der Waals surface area contributed by atoms with Crippen molar-refractivity contribution in [2.45, 2.75) is 129 Å². The van der Waals surface area contributed by atoms with Crippen LogP contribution in [0.3, 0.4) is 0 Å². The van der Waals surface area contributed by atoms with Crippen molar-refractivity contribution in [3.8, 4) is 5.75 Å². The Bertz CT molecular complexity index is 869. The first-order valence-corrected chi connectivity index (χ1v) is 17.4. The van der Waals surface area contributed by atoms with E-state index >= 15 is 0 Å². The Morgan fingerprint density at radius 1 is 1.05 bits per heavy atom. The first-order chi connectivity index (χ1) is 18.1. The number of cyclic esters (lactones) is 1. The van der Waals surface area contributed by atoms with Gasteiger partial charge in [0.2, 0.25) is 0 Å². The van der Waals surface area contributed by atoms with E-state index in [2.05, 4.69) is 65.1 Å². The molecule has 0 radical (unpaired) electrons. The summed E-state index contributed by atoms with van der Waals surface area (Å²) in [5.41, 5.74) is 1.09. The van der Waals surface area contributed by atoms with Crippen molar-refractivity contribution in [3.63, 3.8) is 0 Å². The quantitative estimate of drug-likeness (QED) is 0.150. The average Bonchev–Trinajstić information content (AvgIpc) is 2.87. The molecule has 1 aliphatic heterocycles. The van der Waals surface area contributed by atoms with Gasteiger partial charge in [0.05, 0.1) is 25.9 Å². The molecule has 0 saturated carbocycles. The average molecular weight is 545 g/mol. The Hall–Kier alpha value is -1.89. The van der Waals surface area contributed by atoms with Crippen LogP contribution in [0.25, 0.3) is 0 Å². The summed E-state index contributed by atoms with van der Waals surface area (Å²) >= 11 is 0. The van der Waals surface area contributed by atoms with Gasteiger partial charge in [-0.15, -0.1) is 0 Å². The lowest BCUT2D eigenvalue weighted by atomic mass is 10.0. The molecule has 1 heterocycles. The lowest BCUT2D eigenvalue weighted by Crippen LogP contribution is -2.47. The minimum absolute atomic E-state index is 0.0573. The first kappa shape index (κ1) is 32.3. The molecule has 1 aromatic rings. The predicted molar refractivity (Wildman–Crippen MR) is 159 cm³/mol. The molecule has 0 spiro atoms. The van der Waals surface area contributed by atoms with E-state index in [0.29, 0.717) is 13.0 Å². The maximum atomic E-state index is 12.4. The fourth-order valence-corrected chi connectivity index (χ4v) is 5.44. The molecule has 1 aromatic carbocycles. The molecule has 214 valence electrons. The lowest BCUT2D eigenvalue weighted by Gasteiger charge is -2.40. The SMILES string of the molecule is CC/C=C\C[C@H](OCc1ccc(OC)cc1)[C@@H](/C=C/[C@H]1CCCCCCCC(=O)O1)O[Si](C)(C)C(C)(C)C. The van der Waals surface area contributed by atoms with Gasteiger partial charge in [-0.3, -0.25) is 4.79 Å². The van der Waals surface area contributed by atoms with E-state index in [1.54, 1.807) is 7.11 Å². The van der Waals surface area contributed by atoms with Gasteiger partial charge in [0, 0.05) is 6.42 Å². The molecule has 0 bridgehead atoms. The number of benzene rings is 1. The summed E-state index contributed by atoms with van der Waals surface area (Å²) < 4.78 is 24.7. The number of carbonyl (C=O) groups excluding carboxylic acids is 1. The second-order valence-electron chi connectivity index (χ2n) is 11.9. The van der Waals surface area contributed by atoms with E-state index < -0.39 is 8.32 Å². The van der Waals surface area contributed by atoms with Crippen molar-refractivity contribution in [3.05, 3.63) is 54.1 Å². The molecule has 0 N–H and O–H groups in total. The predicted octanol–water partition coefficient (Wildman–Crippen LogP) is 8.54. The minimum Gasteiger partial charge on any atom is -0.497 e. The number of hydrogen-bond donors (Lipinski definition) is 0. The van der Waals surface area contributed by atoms with Crippen molar-refractivity contribution in [1.82, 2.24) is 0 Å². The zero-order chi connectivity index (χ0) is 28.0. The number of rotatable bonds is 12. The van der Waals surface area contributed by atoms with Crippen molar-refractivity contribution in [2.24, 2.45) is 0 Å². The van der Waals surface area contributed by atoms with Crippen LogP contribution in [0.1, 0.15) is 91.0 Å². The van der Waals surface area contributed by atoms with Crippen molar-refractivity contribution in [1.29, 1.82) is 0 Å². The zero-order valence-corrected chi connectivity index (χ0v) is 26.0. The molecule has 38 heavy (non-hydrogen) atoms. The largest absolute Gasteiger partial charge is 0.497 e. The number of methoxy groups -OCH3 is 1. The van der Waals surface area contributed by atoms with Crippen LogP contribution >= 0.6 is 0 Å². The summed E-state index contributed by atoms with van der Waals surface area (Å²) in [7, 11) is -0.438. The molecule has 0 amide bonds. The van der Waals surface area contributed by atoms with Gasteiger partial charge in [-0.1, -0.05) is 77.3 Å². The molecule has 0 aliphatic carbocycles. The number of esters is 1. The molecule has 5 nitrogen and oxygen atoms in total. The molecule has 1 fully saturated rings. The fourth-order valence-electron chi connectivity index (χ4n) is 4.18. The van der Waals surface area contributed by atoms with Gasteiger partial charge in [-0.2, -0.15) is 0 Å². The second kappa shape index (κ2) is 16.3. The normalized spacial score (nSPS) is 19.9. The van der Waals surface area contributed by atoms with Crippen molar-refractivity contribution >= 4 is 14.3 Å². The van der Waals surface area contributed by atoms with Crippen LogP contribution < -0.4 is 4.74 Å². The molecule has 6 heteroatoms. The molecular weight excluding hydrogens is 492 g/mol. The summed E-state index contributed by atoms with van der Waals surface area (Å²) in [5.74, 6) is 0.736. The highest BCUT2D eigenvalue weighted by atomic mass is 28.4. The third kappa shape index (κ3) is 11.5. The number of hydrogen-bond acceptors (Lipinski definition) is 5. The van der Waals surface area contributed by atoms with Gasteiger partial charge < -0.3 is 18.6 Å². The number of carbonyl (C=O) groups is 1. The van der Waals surface area contributed by atoms with Crippen LogP contribution in [0.5, 0.6) is 5.75 Å². The zero-order valence-electron chi connectivity index (χ0n) is 25.0. The van der Waals surface area contributed by atoms with Crippen LogP contribution in [0.4, 0.5) is 0 Å². The maximum Gasteiger partial charge on any atom is 0.306 e. The summed E-state index contributed by atoms with van der Waals surface area (Å²) in [4.78, 5) is 12.4. The van der Waals surface area contributed by atoms with E-state index in [-0.39, 0.29) is 29.3 Å². The van der Waals surface area contributed by atoms with Gasteiger partial charge in [-0.25, -0.2) is 0 Å². The van der Waals surface area contributed by atoms with Gasteiger partial charge in [0.15, 0.2) is 8.32 Å². The van der Waals surface area contributed by atoms with Crippen molar-refractivity contribution < 1.29 is 23.4 Å². The standard InChI is InChI=1S/C32H52O5Si/c1-8-9-13-17-29(35-25-26-19-21-27(34-5)22-20-26)30(37-38(6,7)32(2,3)4)24-23-28-16-14-11-10-12-15-18-31(33)36-28/h9,13,19-24,28-30H,8,10-12,14-18,25H2,1-7H3/b13-9-,24-23+/t28-,29+,30-/m1/s1. The number of allylic oxidation sites excluding steroid dienone is 1. The smallest absolute Gasteiger partial charge is 0.306 e. The first-order valence-electron chi connectivity index (χ1n) is 14.5. The summed E-state index contributed by atoms with van der Waals surface area (Å²) in [5, 5.41) is 0.0573. The maximum absolute atomic E-state index is 12.4. The highest BCUT2D eigenvalue weighted by Crippen LogP contribution is 2.38. The van der Waals surface area contributed by atoms with Gasteiger partial charge in [0.1, 0.15) is 11.9 Å². The highest BCUT2D eigenvalue weighted by molar-refractivity contribution is 6.74. The Morgan fingerprint density at radius 3 is 2.39 bits per heavy atom. The third-order valence-electron chi connectivity index (χ3n) is 7.67. The van der Waals surface area contributed by atoms with Gasteiger partial charge in [0.25, 0.3) is 0 Å². The molecule has 3 atom stereocenters. The van der Waals surface area contributed by atoms with Gasteiger partial charge in [-0.05, 0) is 74.0 Å². The molecule has 1 saturated heterocycles. The minimum atomic E-state index is -2.11. The monoisotopic (exact) mass is 544 g/mol. The Kier molecular flexibility index (Phi) is 13.8. The van der Waals surface area contributed by atoms with E-state index in [9.17, 15) is 4.79 Å². The van der Waals surface area contributed by atoms with Crippen LogP contribution in [0, 0.1) is 0 Å². The third-order valence-corrected chi connectivity index (χ3v) is 12.1. The van der Waals surface area contributed by atoms with E-state index in [0.717, 1.165) is 49.8 Å². The van der Waals surface area contributed by atoms with Gasteiger partial charge >= 0.3 is 5.97 Å². The topological polar surface area (TPSA) is 54.0 Å². The Morgan fingerprint density at radius 2 is 1.74 bits per heavy atom. The Labute approximate surface area is 233 Å². The summed E-state index contributed by atoms with van der Waals surface area (Å²) in [6.07, 6.45) is 16.4. The molecule has 1 aliphatic rings. The Balaban J connectivity index is 2.30.